The number of carboxylic acid groups (broad SMARTS) is 1. The molecule has 2 aliphatic rings. The van der Waals surface area contributed by atoms with Crippen LogP contribution in [0.1, 0.15) is 23.7 Å². The van der Waals surface area contributed by atoms with Crippen molar-refractivity contribution in [2.24, 2.45) is 23.7 Å². The number of fused-ring (bicyclic) bond motifs is 2. The fourth-order valence-electron chi connectivity index (χ4n) is 3.71. The minimum Gasteiger partial charge on any atom is -0.481 e. The lowest BCUT2D eigenvalue weighted by molar-refractivity contribution is -0.146. The van der Waals surface area contributed by atoms with E-state index in [0.717, 1.165) is 0 Å². The Morgan fingerprint density at radius 1 is 1.17 bits per heavy atom. The molecule has 1 fully saturated rings. The van der Waals surface area contributed by atoms with Crippen molar-refractivity contribution >= 4 is 23.5 Å². The van der Waals surface area contributed by atoms with Crippen LogP contribution in [0.5, 0.6) is 0 Å². The minimum atomic E-state index is -0.953. The lowest BCUT2D eigenvalue weighted by Gasteiger charge is -2.24. The summed E-state index contributed by atoms with van der Waals surface area (Å²) in [5, 5.41) is 12.2. The second-order valence-corrected chi connectivity index (χ2v) is 6.09. The van der Waals surface area contributed by atoms with Gasteiger partial charge < -0.3 is 15.2 Å². The number of carboxylic acids is 1. The van der Waals surface area contributed by atoms with E-state index in [2.05, 4.69) is 5.32 Å². The molecule has 0 aliphatic heterocycles. The summed E-state index contributed by atoms with van der Waals surface area (Å²) in [5.74, 6) is -3.32. The maximum absolute atomic E-state index is 12.7. The quantitative estimate of drug-likeness (QED) is 0.639. The van der Waals surface area contributed by atoms with Crippen molar-refractivity contribution in [3.63, 3.8) is 0 Å². The molecule has 0 heterocycles. The number of aliphatic carboxylic acids is 1. The van der Waals surface area contributed by atoms with Gasteiger partial charge in [0.1, 0.15) is 0 Å². The molecular formula is C18H19NO5. The summed E-state index contributed by atoms with van der Waals surface area (Å²) in [5.41, 5.74) is 0.607. The first-order valence-electron chi connectivity index (χ1n) is 8.01. The lowest BCUT2D eigenvalue weighted by atomic mass is 9.82. The SMILES string of the molecule is CCOC(=O)c1ccccc1NC(=O)[C@H]1[C@@H](C(=O)O)[C@H]2C=C[C@@H]1C2. The molecule has 1 saturated carbocycles. The van der Waals surface area contributed by atoms with E-state index in [1.54, 1.807) is 31.2 Å². The highest BCUT2D eigenvalue weighted by atomic mass is 16.5. The number of carbonyl (C=O) groups excluding carboxylic acids is 2. The van der Waals surface area contributed by atoms with E-state index in [4.69, 9.17) is 4.74 Å². The molecule has 1 amide bonds. The Morgan fingerprint density at radius 3 is 2.50 bits per heavy atom. The normalized spacial score (nSPS) is 27.0. The molecule has 0 saturated heterocycles. The zero-order valence-corrected chi connectivity index (χ0v) is 13.3. The highest BCUT2D eigenvalue weighted by Crippen LogP contribution is 2.48. The number of esters is 1. The fourth-order valence-corrected chi connectivity index (χ4v) is 3.71. The topological polar surface area (TPSA) is 92.7 Å². The van der Waals surface area contributed by atoms with Crippen LogP contribution in [0.4, 0.5) is 5.69 Å². The number of rotatable bonds is 5. The van der Waals surface area contributed by atoms with E-state index in [9.17, 15) is 19.5 Å². The van der Waals surface area contributed by atoms with E-state index in [1.165, 1.54) is 0 Å². The first-order valence-corrected chi connectivity index (χ1v) is 8.01. The van der Waals surface area contributed by atoms with E-state index in [0.29, 0.717) is 12.1 Å². The number of hydrogen-bond donors (Lipinski definition) is 2. The summed E-state index contributed by atoms with van der Waals surface area (Å²) in [6.45, 7) is 1.94. The number of allylic oxidation sites excluding steroid dienone is 2. The molecule has 2 bridgehead atoms. The molecule has 1 aromatic carbocycles. The molecule has 24 heavy (non-hydrogen) atoms. The predicted molar refractivity (Wildman–Crippen MR) is 86.4 cm³/mol. The van der Waals surface area contributed by atoms with Crippen LogP contribution < -0.4 is 5.32 Å². The molecule has 2 N–H and O–H groups in total. The molecule has 0 radical (unpaired) electrons. The van der Waals surface area contributed by atoms with Gasteiger partial charge in [-0.15, -0.1) is 0 Å². The Bertz CT molecular complexity index is 711. The van der Waals surface area contributed by atoms with Crippen LogP contribution in [0.2, 0.25) is 0 Å². The van der Waals surface area contributed by atoms with Gasteiger partial charge in [-0.05, 0) is 37.3 Å². The molecule has 3 rings (SSSR count). The van der Waals surface area contributed by atoms with Gasteiger partial charge in [0.05, 0.1) is 29.7 Å². The number of carbonyl (C=O) groups is 3. The first-order chi connectivity index (χ1) is 11.5. The van der Waals surface area contributed by atoms with Crippen molar-refractivity contribution in [1.82, 2.24) is 0 Å². The predicted octanol–water partition coefficient (Wildman–Crippen LogP) is 2.32. The molecule has 0 unspecified atom stereocenters. The van der Waals surface area contributed by atoms with Gasteiger partial charge in [0, 0.05) is 0 Å². The van der Waals surface area contributed by atoms with Crippen molar-refractivity contribution in [3.8, 4) is 0 Å². The summed E-state index contributed by atoms with van der Waals surface area (Å²) >= 11 is 0. The van der Waals surface area contributed by atoms with Crippen LogP contribution >= 0.6 is 0 Å². The highest BCUT2D eigenvalue weighted by Gasteiger charge is 2.51. The molecule has 2 aliphatic carbocycles. The smallest absolute Gasteiger partial charge is 0.340 e. The number of benzene rings is 1. The molecular weight excluding hydrogens is 310 g/mol. The number of anilines is 1. The van der Waals surface area contributed by atoms with Crippen LogP contribution in [-0.2, 0) is 14.3 Å². The van der Waals surface area contributed by atoms with Gasteiger partial charge in [-0.3, -0.25) is 9.59 Å². The van der Waals surface area contributed by atoms with Crippen LogP contribution in [0.3, 0.4) is 0 Å². The average Bonchev–Trinajstić information content (AvgIpc) is 3.16. The zero-order chi connectivity index (χ0) is 17.3. The Kier molecular flexibility index (Phi) is 4.38. The van der Waals surface area contributed by atoms with Gasteiger partial charge in [0.25, 0.3) is 0 Å². The van der Waals surface area contributed by atoms with Crippen LogP contribution in [0.15, 0.2) is 36.4 Å². The van der Waals surface area contributed by atoms with Crippen LogP contribution in [0, 0.1) is 23.7 Å². The van der Waals surface area contributed by atoms with Crippen molar-refractivity contribution in [2.45, 2.75) is 13.3 Å². The maximum atomic E-state index is 12.7. The summed E-state index contributed by atoms with van der Waals surface area (Å²) in [4.78, 5) is 36.2. The molecule has 1 aromatic rings. The average molecular weight is 329 g/mol. The zero-order valence-electron chi connectivity index (χ0n) is 13.3. The first kappa shape index (κ1) is 16.2. The fraction of sp³-hybridized carbons (Fsp3) is 0.389. The monoisotopic (exact) mass is 329 g/mol. The van der Waals surface area contributed by atoms with Crippen molar-refractivity contribution in [3.05, 3.63) is 42.0 Å². The molecule has 0 spiro atoms. The third-order valence-corrected chi connectivity index (χ3v) is 4.73. The minimum absolute atomic E-state index is 0.0640. The lowest BCUT2D eigenvalue weighted by Crippen LogP contribution is -2.36. The van der Waals surface area contributed by atoms with E-state index < -0.39 is 23.8 Å². The number of amides is 1. The van der Waals surface area contributed by atoms with E-state index in [-0.39, 0.29) is 29.9 Å². The molecule has 6 heteroatoms. The van der Waals surface area contributed by atoms with Gasteiger partial charge in [-0.1, -0.05) is 24.3 Å². The molecule has 126 valence electrons. The van der Waals surface area contributed by atoms with Crippen LogP contribution in [0.25, 0.3) is 0 Å². The Balaban J connectivity index is 1.82. The second-order valence-electron chi connectivity index (χ2n) is 6.09. The third kappa shape index (κ3) is 2.79. The van der Waals surface area contributed by atoms with Crippen molar-refractivity contribution in [2.75, 3.05) is 11.9 Å². The standard InChI is InChI=1S/C18H19NO5/c1-2-24-18(23)12-5-3-4-6-13(12)19-16(20)14-10-7-8-11(9-10)15(14)17(21)22/h3-8,10-11,14-15H,2,9H2,1H3,(H,19,20)(H,21,22)/t10-,11+,14-,15+/m1/s1. The van der Waals surface area contributed by atoms with Gasteiger partial charge in [0.15, 0.2) is 0 Å². The van der Waals surface area contributed by atoms with Crippen molar-refractivity contribution < 1.29 is 24.2 Å². The van der Waals surface area contributed by atoms with E-state index in [1.807, 2.05) is 12.2 Å². The number of nitrogens with one attached hydrogen (secondary N) is 1. The second kappa shape index (κ2) is 6.47. The highest BCUT2D eigenvalue weighted by molar-refractivity contribution is 6.03. The van der Waals surface area contributed by atoms with Gasteiger partial charge in [0.2, 0.25) is 5.91 Å². The summed E-state index contributed by atoms with van der Waals surface area (Å²) in [7, 11) is 0. The van der Waals surface area contributed by atoms with Crippen LogP contribution in [-0.4, -0.2) is 29.6 Å². The molecule has 6 nitrogen and oxygen atoms in total. The molecule has 4 atom stereocenters. The largest absolute Gasteiger partial charge is 0.481 e. The number of hydrogen-bond acceptors (Lipinski definition) is 4. The maximum Gasteiger partial charge on any atom is 0.340 e. The third-order valence-electron chi connectivity index (χ3n) is 4.73. The summed E-state index contributed by atoms with van der Waals surface area (Å²) in [6, 6.07) is 6.57. The van der Waals surface area contributed by atoms with Gasteiger partial charge in [-0.2, -0.15) is 0 Å². The number of para-hydroxylation sites is 1. The summed E-state index contributed by atoms with van der Waals surface area (Å²) in [6.07, 6.45) is 4.50. The molecule has 0 aromatic heterocycles. The van der Waals surface area contributed by atoms with Gasteiger partial charge in [-0.25, -0.2) is 4.79 Å². The van der Waals surface area contributed by atoms with Gasteiger partial charge >= 0.3 is 11.9 Å². The number of ether oxygens (including phenoxy) is 1. The Labute approximate surface area is 139 Å². The Morgan fingerprint density at radius 2 is 1.83 bits per heavy atom. The Hall–Kier alpha value is -2.63. The van der Waals surface area contributed by atoms with Crippen molar-refractivity contribution in [1.29, 1.82) is 0 Å². The van der Waals surface area contributed by atoms with E-state index >= 15 is 0 Å². The summed E-state index contributed by atoms with van der Waals surface area (Å²) < 4.78 is 4.99.